The number of hydrogen-bond acceptors (Lipinski definition) is 6. The zero-order chi connectivity index (χ0) is 22.9. The van der Waals surface area contributed by atoms with Gasteiger partial charge in [0, 0.05) is 0 Å². The van der Waals surface area contributed by atoms with Gasteiger partial charge in [-0.2, -0.15) is 8.42 Å². The van der Waals surface area contributed by atoms with Gasteiger partial charge in [0.05, 0.1) is 0 Å². The smallest absolute Gasteiger partial charge is 0.299 e. The molecule has 0 bridgehead atoms. The van der Waals surface area contributed by atoms with E-state index in [0.29, 0.717) is 11.1 Å². The van der Waals surface area contributed by atoms with E-state index in [1.165, 1.54) is 24.3 Å². The Kier molecular flexibility index (Phi) is 7.50. The molecule has 0 aromatic heterocycles. The summed E-state index contributed by atoms with van der Waals surface area (Å²) < 4.78 is 67.5. The van der Waals surface area contributed by atoms with Crippen molar-refractivity contribution in [2.45, 2.75) is 69.6 Å². The summed E-state index contributed by atoms with van der Waals surface area (Å²) in [7, 11) is -9.66. The van der Waals surface area contributed by atoms with Crippen molar-refractivity contribution in [2.24, 2.45) is 0 Å². The minimum atomic E-state index is -5.10. The largest absolute Gasteiger partial charge is 0.746 e. The van der Waals surface area contributed by atoms with Crippen LogP contribution in [0.15, 0.2) is 47.4 Å². The predicted octanol–water partition coefficient (Wildman–Crippen LogP) is 5.01. The molecule has 1 unspecified atom stereocenters. The van der Waals surface area contributed by atoms with Gasteiger partial charge < -0.3 is 4.55 Å². The van der Waals surface area contributed by atoms with E-state index in [4.69, 9.17) is 4.18 Å². The average molecular weight is 454 g/mol. The fraction of sp³-hybridized carbons (Fsp3) is 0.455. The summed E-state index contributed by atoms with van der Waals surface area (Å²) in [5, 5.41) is 0. The molecular weight excluding hydrogens is 424 g/mol. The first-order valence-corrected chi connectivity index (χ1v) is 12.7. The van der Waals surface area contributed by atoms with Crippen molar-refractivity contribution in [3.8, 4) is 0 Å². The monoisotopic (exact) mass is 453 g/mol. The highest BCUT2D eigenvalue weighted by Crippen LogP contribution is 2.38. The van der Waals surface area contributed by atoms with Gasteiger partial charge in [-0.25, -0.2) is 12.6 Å². The van der Waals surface area contributed by atoms with Crippen molar-refractivity contribution in [3.05, 3.63) is 64.7 Å². The SMILES string of the molecule is CC(C)c1cc(C(C)C)c(S(=O)(=O)OC(c2ccccc2)S(=O)(=O)[O-])c(C(C)C)c1. The second-order valence-corrected chi connectivity index (χ2v) is 11.2. The molecule has 2 aromatic rings. The molecule has 2 rings (SSSR count). The van der Waals surface area contributed by atoms with E-state index >= 15 is 0 Å². The molecule has 0 radical (unpaired) electrons. The molecule has 0 saturated heterocycles. The maximum Gasteiger partial charge on any atom is 0.299 e. The van der Waals surface area contributed by atoms with Crippen molar-refractivity contribution in [2.75, 3.05) is 0 Å². The molecule has 8 heteroatoms. The Morgan fingerprint density at radius 3 is 1.57 bits per heavy atom. The van der Waals surface area contributed by atoms with Gasteiger partial charge in [0.2, 0.25) is 0 Å². The molecule has 0 amide bonds. The predicted molar refractivity (Wildman–Crippen MR) is 116 cm³/mol. The molecule has 0 aliphatic heterocycles. The summed E-state index contributed by atoms with van der Waals surface area (Å²) in [6.07, 6.45) is 0. The van der Waals surface area contributed by atoms with Gasteiger partial charge in [-0.15, -0.1) is 0 Å². The maximum absolute atomic E-state index is 13.4. The molecule has 0 N–H and O–H groups in total. The van der Waals surface area contributed by atoms with Crippen LogP contribution in [0, 0.1) is 0 Å². The molecule has 2 aromatic carbocycles. The highest BCUT2D eigenvalue weighted by Gasteiger charge is 2.33. The van der Waals surface area contributed by atoms with Crippen LogP contribution >= 0.6 is 0 Å². The zero-order valence-electron chi connectivity index (χ0n) is 18.1. The fourth-order valence-corrected chi connectivity index (χ4v) is 6.01. The van der Waals surface area contributed by atoms with Crippen LogP contribution in [0.3, 0.4) is 0 Å². The highest BCUT2D eigenvalue weighted by atomic mass is 32.2. The van der Waals surface area contributed by atoms with Crippen molar-refractivity contribution in [1.29, 1.82) is 0 Å². The van der Waals surface area contributed by atoms with E-state index in [2.05, 4.69) is 0 Å². The second-order valence-electron chi connectivity index (χ2n) is 8.28. The van der Waals surface area contributed by atoms with Crippen LogP contribution in [0.25, 0.3) is 0 Å². The van der Waals surface area contributed by atoms with Gasteiger partial charge in [0.25, 0.3) is 10.1 Å². The van der Waals surface area contributed by atoms with E-state index in [1.807, 2.05) is 53.7 Å². The van der Waals surface area contributed by atoms with Gasteiger partial charge in [0.1, 0.15) is 15.0 Å². The molecular formula is C22H29O6S2-. The third-order valence-electron chi connectivity index (χ3n) is 4.88. The van der Waals surface area contributed by atoms with E-state index in [-0.39, 0.29) is 28.2 Å². The van der Waals surface area contributed by atoms with Gasteiger partial charge >= 0.3 is 0 Å². The quantitative estimate of drug-likeness (QED) is 0.411. The Balaban J connectivity index is 2.74. The lowest BCUT2D eigenvalue weighted by Gasteiger charge is -2.25. The van der Waals surface area contributed by atoms with Crippen molar-refractivity contribution in [3.63, 3.8) is 0 Å². The second kappa shape index (κ2) is 9.18. The summed E-state index contributed by atoms with van der Waals surface area (Å²) in [5.74, 6) is -0.140. The lowest BCUT2D eigenvalue weighted by atomic mass is 9.89. The molecule has 1 atom stereocenters. The molecule has 0 heterocycles. The van der Waals surface area contributed by atoms with E-state index in [1.54, 1.807) is 6.07 Å². The molecule has 0 fully saturated rings. The first kappa shape index (κ1) is 24.5. The Morgan fingerprint density at radius 2 is 1.20 bits per heavy atom. The zero-order valence-corrected chi connectivity index (χ0v) is 19.7. The van der Waals surface area contributed by atoms with Crippen molar-refractivity contribution < 1.29 is 25.6 Å². The Morgan fingerprint density at radius 1 is 0.733 bits per heavy atom. The first-order valence-electron chi connectivity index (χ1n) is 9.86. The van der Waals surface area contributed by atoms with E-state index in [9.17, 15) is 21.4 Å². The average Bonchev–Trinajstić information content (AvgIpc) is 2.64. The lowest BCUT2D eigenvalue weighted by Crippen LogP contribution is -2.22. The number of rotatable bonds is 8. The van der Waals surface area contributed by atoms with E-state index in [0.717, 1.165) is 5.56 Å². The third-order valence-corrected chi connectivity index (χ3v) is 7.31. The molecule has 0 saturated carbocycles. The molecule has 0 aliphatic rings. The maximum atomic E-state index is 13.4. The third kappa shape index (κ3) is 5.49. The minimum Gasteiger partial charge on any atom is -0.746 e. The normalized spacial score (nSPS) is 13.9. The minimum absolute atomic E-state index is 0.0351. The van der Waals surface area contributed by atoms with Crippen molar-refractivity contribution in [1.82, 2.24) is 0 Å². The number of hydrogen-bond donors (Lipinski definition) is 0. The summed E-state index contributed by atoms with van der Waals surface area (Å²) >= 11 is 0. The van der Waals surface area contributed by atoms with Crippen LogP contribution in [0.1, 0.15) is 87.0 Å². The fourth-order valence-electron chi connectivity index (χ4n) is 3.22. The van der Waals surface area contributed by atoms with Crippen LogP contribution < -0.4 is 0 Å². The van der Waals surface area contributed by atoms with Gasteiger partial charge in [-0.1, -0.05) is 84.0 Å². The molecule has 0 spiro atoms. The van der Waals surface area contributed by atoms with Gasteiger partial charge in [-0.3, -0.25) is 0 Å². The highest BCUT2D eigenvalue weighted by molar-refractivity contribution is 7.89. The summed E-state index contributed by atoms with van der Waals surface area (Å²) in [4.78, 5) is -0.0542. The van der Waals surface area contributed by atoms with E-state index < -0.39 is 25.7 Å². The van der Waals surface area contributed by atoms with Crippen LogP contribution in [0.2, 0.25) is 0 Å². The van der Waals surface area contributed by atoms with Gasteiger partial charge in [-0.05, 0) is 40.0 Å². The number of benzene rings is 2. The summed E-state index contributed by atoms with van der Waals surface area (Å²) in [6, 6.07) is 11.0. The lowest BCUT2D eigenvalue weighted by molar-refractivity contribution is 0.263. The summed E-state index contributed by atoms with van der Waals surface area (Å²) in [6.45, 7) is 11.5. The molecule has 166 valence electrons. The topological polar surface area (TPSA) is 101 Å². The Labute approximate surface area is 180 Å². The standard InChI is InChI=1S/C22H30O6S2/c1-14(2)18-12-19(15(3)4)21(20(13-18)16(5)6)30(26,27)28-22(29(23,24)25)17-10-8-7-9-11-17/h7-16,22H,1-6H3,(H,23,24,25)/p-1. The van der Waals surface area contributed by atoms with Crippen LogP contribution in [0.4, 0.5) is 0 Å². The first-order chi connectivity index (χ1) is 13.8. The van der Waals surface area contributed by atoms with Gasteiger partial charge in [0.15, 0.2) is 5.44 Å². The summed E-state index contributed by atoms with van der Waals surface area (Å²) in [5.41, 5.74) is -0.127. The Bertz CT molecular complexity index is 1060. The Hall–Kier alpha value is -1.74. The van der Waals surface area contributed by atoms with Crippen molar-refractivity contribution >= 4 is 20.2 Å². The van der Waals surface area contributed by atoms with Crippen LogP contribution in [-0.4, -0.2) is 21.4 Å². The van der Waals surface area contributed by atoms with Crippen LogP contribution in [-0.2, 0) is 24.4 Å². The molecule has 30 heavy (non-hydrogen) atoms. The molecule has 6 nitrogen and oxygen atoms in total. The van der Waals surface area contributed by atoms with Crippen LogP contribution in [0.5, 0.6) is 0 Å². The molecule has 0 aliphatic carbocycles.